The predicted molar refractivity (Wildman–Crippen MR) is 60.4 cm³/mol. The van der Waals surface area contributed by atoms with Crippen molar-refractivity contribution in [3.8, 4) is 17.6 Å². The molecule has 10 nitrogen and oxygen atoms in total. The second kappa shape index (κ2) is 9.22. The summed E-state index contributed by atoms with van der Waals surface area (Å²) in [6.45, 7) is 0. The smallest absolute Gasteiger partial charge is 0.846 e. The average molecular weight is 361 g/mol. The van der Waals surface area contributed by atoms with E-state index in [0.29, 0.717) is 0 Å². The van der Waals surface area contributed by atoms with Crippen molar-refractivity contribution in [1.29, 1.82) is 5.41 Å². The van der Waals surface area contributed by atoms with Gasteiger partial charge >= 0.3 is 59.1 Å². The van der Waals surface area contributed by atoms with Gasteiger partial charge in [-0.1, -0.05) is 0 Å². The molecule has 4 atom stereocenters. The Bertz CT molecular complexity index is 656. The van der Waals surface area contributed by atoms with E-state index in [4.69, 9.17) is 15.0 Å². The normalized spacial score (nSPS) is 26.5. The van der Waals surface area contributed by atoms with Gasteiger partial charge < -0.3 is 34.4 Å². The van der Waals surface area contributed by atoms with Crippen molar-refractivity contribution in [2.45, 2.75) is 24.5 Å². The minimum atomic E-state index is -4.86. The molecule has 0 aromatic carbocycles. The van der Waals surface area contributed by atoms with E-state index in [9.17, 15) is 25.1 Å². The Morgan fingerprint density at radius 1 is 1.30 bits per heavy atom. The van der Waals surface area contributed by atoms with Crippen LogP contribution in [0.25, 0.3) is 0 Å². The van der Waals surface area contributed by atoms with E-state index in [1.54, 1.807) is 0 Å². The van der Waals surface area contributed by atoms with Crippen LogP contribution < -0.4 is 79.5 Å². The van der Waals surface area contributed by atoms with Gasteiger partial charge in [-0.15, -0.1) is 0 Å². The Labute approximate surface area is 175 Å². The number of hydrogen-bond acceptors (Lipinski definition) is 9. The molecule has 0 saturated carbocycles. The van der Waals surface area contributed by atoms with Gasteiger partial charge in [-0.25, -0.2) is 9.88 Å². The largest absolute Gasteiger partial charge is 1.00 e. The summed E-state index contributed by atoms with van der Waals surface area (Å²) < 4.78 is 5.94. The van der Waals surface area contributed by atoms with E-state index < -0.39 is 38.5 Å². The quantitative estimate of drug-likeness (QED) is 0.216. The van der Waals surface area contributed by atoms with Crippen LogP contribution >= 0.6 is 7.94 Å². The molecule has 2 rings (SSSR count). The van der Waals surface area contributed by atoms with Crippen molar-refractivity contribution in [2.24, 2.45) is 0 Å². The standard InChI is InChI=1S/C10H12N3O7P.2Na/c11-6-1-3-13(10(16)12-6)9-8(15)7(14)5(20-9)2-4-21(17,18)19;;/h1,3,5,7-9,14-15H,(H2,11,12,16)(H2,17,18,19);;/q;2*+1/p-2/t5-,7-,8-,9-;;/m1../s1. The molecule has 4 N–H and O–H groups in total. The molecule has 114 valence electrons. The molecule has 0 unspecified atom stereocenters. The molecule has 1 aliphatic heterocycles. The van der Waals surface area contributed by atoms with Gasteiger partial charge in [0.25, 0.3) is 0 Å². The van der Waals surface area contributed by atoms with Gasteiger partial charge in [0.05, 0.1) is 11.7 Å². The molecule has 1 aromatic rings. The summed E-state index contributed by atoms with van der Waals surface area (Å²) in [5, 5.41) is 38.3. The molecule has 23 heavy (non-hydrogen) atoms. The van der Waals surface area contributed by atoms with E-state index in [-0.39, 0.29) is 64.6 Å². The van der Waals surface area contributed by atoms with Gasteiger partial charge in [0, 0.05) is 6.20 Å². The van der Waals surface area contributed by atoms with Crippen molar-refractivity contribution in [2.75, 3.05) is 0 Å². The number of hydrogen-bond donors (Lipinski definition) is 4. The molecule has 13 heteroatoms. The molecule has 1 aliphatic rings. The summed E-state index contributed by atoms with van der Waals surface area (Å²) in [5.74, 6) is 1.95. The van der Waals surface area contributed by atoms with Crippen LogP contribution in [-0.4, -0.2) is 43.0 Å². The molecular formula is C10H10N3Na2O7P. The summed E-state index contributed by atoms with van der Waals surface area (Å²) in [7, 11) is -4.86. The molecule has 1 fully saturated rings. The van der Waals surface area contributed by atoms with Crippen LogP contribution in [0.5, 0.6) is 6.01 Å². The first-order chi connectivity index (χ1) is 9.69. The van der Waals surface area contributed by atoms with Crippen LogP contribution in [0.2, 0.25) is 0 Å². The van der Waals surface area contributed by atoms with Crippen LogP contribution in [0.1, 0.15) is 6.23 Å². The Morgan fingerprint density at radius 2 is 1.91 bits per heavy atom. The fourth-order valence-electron chi connectivity index (χ4n) is 1.76. The third kappa shape index (κ3) is 6.02. The second-order valence-corrected chi connectivity index (χ2v) is 5.47. The Balaban J connectivity index is 0.00000242. The fraction of sp³-hybridized carbons (Fsp3) is 0.400. The minimum absolute atomic E-state index is 0. The molecule has 0 radical (unpaired) electrons. The molecule has 1 aromatic heterocycles. The van der Waals surface area contributed by atoms with Crippen LogP contribution in [-0.2, 0) is 4.74 Å². The van der Waals surface area contributed by atoms with Gasteiger partial charge in [-0.05, 0) is 12.0 Å². The summed E-state index contributed by atoms with van der Waals surface area (Å²) in [4.78, 5) is 32.9. The maximum atomic E-state index is 11.6. The van der Waals surface area contributed by atoms with E-state index in [0.717, 1.165) is 10.8 Å². The molecular weight excluding hydrogens is 351 g/mol. The molecule has 0 spiro atoms. The molecule has 2 heterocycles. The van der Waals surface area contributed by atoms with Crippen molar-refractivity contribution in [1.82, 2.24) is 9.55 Å². The number of nitrogens with zero attached hydrogens (tertiary/aromatic N) is 2. The average Bonchev–Trinajstić information content (AvgIpc) is 2.64. The third-order valence-corrected chi connectivity index (χ3v) is 3.10. The van der Waals surface area contributed by atoms with Crippen LogP contribution in [0.4, 0.5) is 0 Å². The van der Waals surface area contributed by atoms with E-state index in [1.165, 1.54) is 11.7 Å². The minimum Gasteiger partial charge on any atom is -0.846 e. The van der Waals surface area contributed by atoms with E-state index in [2.05, 4.69) is 4.98 Å². The zero-order valence-corrected chi connectivity index (χ0v) is 17.2. The number of rotatable bonds is 1. The van der Waals surface area contributed by atoms with Crippen LogP contribution in [0.3, 0.4) is 0 Å². The first kappa shape index (κ1) is 23.4. The Morgan fingerprint density at radius 3 is 2.43 bits per heavy atom. The first-order valence-electron chi connectivity index (χ1n) is 5.58. The zero-order chi connectivity index (χ0) is 15.8. The summed E-state index contributed by atoms with van der Waals surface area (Å²) in [6.07, 6.45) is -4.77. The van der Waals surface area contributed by atoms with E-state index >= 15 is 0 Å². The van der Waals surface area contributed by atoms with Gasteiger partial charge in [-0.3, -0.25) is 5.41 Å². The molecule has 0 bridgehead atoms. The molecule has 1 saturated heterocycles. The Hall–Kier alpha value is 0.430. The number of aliphatic hydroxyl groups excluding tert-OH is 2. The maximum absolute atomic E-state index is 11.6. The summed E-state index contributed by atoms with van der Waals surface area (Å²) in [5.41, 5.74) is 1.20. The van der Waals surface area contributed by atoms with E-state index in [1.807, 2.05) is 5.92 Å². The molecule has 0 aliphatic carbocycles. The third-order valence-electron chi connectivity index (χ3n) is 2.69. The number of aromatic nitrogens is 2. The predicted octanol–water partition coefficient (Wildman–Crippen LogP) is -10.5. The first-order valence-corrected chi connectivity index (χ1v) is 7.16. The fourth-order valence-corrected chi connectivity index (χ4v) is 2.05. The van der Waals surface area contributed by atoms with Crippen molar-refractivity contribution in [3.05, 3.63) is 17.8 Å². The topological polar surface area (TPSA) is 181 Å². The van der Waals surface area contributed by atoms with Crippen molar-refractivity contribution < 1.29 is 93.9 Å². The Kier molecular flexibility index (Phi) is 9.39. The molecule has 0 amide bonds. The number of nitrogens with one attached hydrogen (secondary N) is 1. The second-order valence-electron chi connectivity index (χ2n) is 4.21. The van der Waals surface area contributed by atoms with Crippen LogP contribution in [0.15, 0.2) is 12.3 Å². The monoisotopic (exact) mass is 361 g/mol. The number of ether oxygens (including phenoxy) is 1. The maximum Gasteiger partial charge on any atom is 1.00 e. The SMILES string of the molecule is N=c1ccn([C@@H]2O[C@H](C#C[P+]([O-])([O-])O)[C@@H](O)[C@H]2O)c([O-])n1.[Na+].[Na+]. The van der Waals surface area contributed by atoms with Crippen molar-refractivity contribution >= 4 is 7.94 Å². The van der Waals surface area contributed by atoms with Gasteiger partial charge in [0.1, 0.15) is 25.6 Å². The summed E-state index contributed by atoms with van der Waals surface area (Å²) in [6, 6.07) is 0.284. The van der Waals surface area contributed by atoms with Gasteiger partial charge in [0.15, 0.2) is 12.3 Å². The number of aliphatic hydroxyl groups is 2. The van der Waals surface area contributed by atoms with Gasteiger partial charge in [0.2, 0.25) is 0 Å². The van der Waals surface area contributed by atoms with Crippen molar-refractivity contribution in [3.63, 3.8) is 0 Å². The van der Waals surface area contributed by atoms with Crippen LogP contribution in [0, 0.1) is 17.0 Å². The van der Waals surface area contributed by atoms with Gasteiger partial charge in [-0.2, -0.15) is 0 Å². The summed E-state index contributed by atoms with van der Waals surface area (Å²) >= 11 is 0. The zero-order valence-electron chi connectivity index (χ0n) is 12.3.